The summed E-state index contributed by atoms with van der Waals surface area (Å²) in [5, 5.41) is 16.5. The summed E-state index contributed by atoms with van der Waals surface area (Å²) in [7, 11) is 1.79. The molecule has 0 bridgehead atoms. The molecule has 1 amide bonds. The minimum absolute atomic E-state index is 0. The van der Waals surface area contributed by atoms with E-state index in [4.69, 9.17) is 0 Å². The summed E-state index contributed by atoms with van der Waals surface area (Å²) in [5.74, 6) is -1.28. The summed E-state index contributed by atoms with van der Waals surface area (Å²) in [6.45, 7) is 0.537. The standard InChI is InChI=1S/C17H15FN4O2.ClH/c1-19-9-13-5-2-10-8-20-15(16(23)14(10)21-13)17(24)22-12-6-3-11(18)4-7-12;/h2-8,19,23H,9H2,1H3,(H,22,24);1H. The van der Waals surface area contributed by atoms with E-state index in [1.807, 2.05) is 6.07 Å². The normalized spacial score (nSPS) is 10.3. The third-order valence-electron chi connectivity index (χ3n) is 3.44. The highest BCUT2D eigenvalue weighted by Crippen LogP contribution is 2.26. The van der Waals surface area contributed by atoms with Gasteiger partial charge in [-0.1, -0.05) is 0 Å². The largest absolute Gasteiger partial charge is 0.504 e. The number of benzene rings is 1. The average Bonchev–Trinajstić information content (AvgIpc) is 2.58. The number of aromatic hydroxyl groups is 1. The van der Waals surface area contributed by atoms with Crippen LogP contribution in [0.4, 0.5) is 10.1 Å². The van der Waals surface area contributed by atoms with Crippen molar-refractivity contribution in [2.75, 3.05) is 12.4 Å². The van der Waals surface area contributed by atoms with Crippen LogP contribution >= 0.6 is 12.4 Å². The number of amides is 1. The van der Waals surface area contributed by atoms with Crippen LogP contribution in [0.25, 0.3) is 10.9 Å². The van der Waals surface area contributed by atoms with Gasteiger partial charge in [0.05, 0.1) is 5.69 Å². The van der Waals surface area contributed by atoms with E-state index in [9.17, 15) is 14.3 Å². The Labute approximate surface area is 149 Å². The van der Waals surface area contributed by atoms with Crippen LogP contribution in [0.1, 0.15) is 16.2 Å². The van der Waals surface area contributed by atoms with Crippen LogP contribution in [0.3, 0.4) is 0 Å². The molecule has 3 N–H and O–H groups in total. The molecule has 0 aliphatic heterocycles. The molecule has 25 heavy (non-hydrogen) atoms. The van der Waals surface area contributed by atoms with Gasteiger partial charge in [0.25, 0.3) is 5.91 Å². The number of aromatic nitrogens is 2. The van der Waals surface area contributed by atoms with Crippen molar-refractivity contribution in [3.05, 3.63) is 59.8 Å². The predicted molar refractivity (Wildman–Crippen MR) is 95.6 cm³/mol. The number of halogens is 2. The molecular weight excluding hydrogens is 347 g/mol. The van der Waals surface area contributed by atoms with E-state index in [2.05, 4.69) is 20.6 Å². The van der Waals surface area contributed by atoms with Gasteiger partial charge < -0.3 is 15.7 Å². The molecule has 8 heteroatoms. The van der Waals surface area contributed by atoms with Crippen LogP contribution < -0.4 is 10.6 Å². The van der Waals surface area contributed by atoms with E-state index in [-0.39, 0.29) is 23.9 Å². The summed E-state index contributed by atoms with van der Waals surface area (Å²) < 4.78 is 12.9. The quantitative estimate of drug-likeness (QED) is 0.664. The zero-order valence-electron chi connectivity index (χ0n) is 13.3. The molecule has 0 spiro atoms. The Morgan fingerprint density at radius 1 is 1.20 bits per heavy atom. The molecule has 6 nitrogen and oxygen atoms in total. The molecule has 0 unspecified atom stereocenters. The summed E-state index contributed by atoms with van der Waals surface area (Å²) in [4.78, 5) is 20.7. The van der Waals surface area contributed by atoms with Crippen molar-refractivity contribution in [3.63, 3.8) is 0 Å². The first-order chi connectivity index (χ1) is 11.6. The van der Waals surface area contributed by atoms with Crippen molar-refractivity contribution < 1.29 is 14.3 Å². The first kappa shape index (κ1) is 18.6. The fraction of sp³-hybridized carbons (Fsp3) is 0.118. The second-order valence-electron chi connectivity index (χ2n) is 5.19. The second kappa shape index (κ2) is 7.87. The minimum Gasteiger partial charge on any atom is -0.504 e. The lowest BCUT2D eigenvalue weighted by molar-refractivity contribution is 0.101. The Morgan fingerprint density at radius 2 is 1.92 bits per heavy atom. The van der Waals surface area contributed by atoms with Crippen LogP contribution in [-0.4, -0.2) is 28.0 Å². The molecular formula is C17H16ClFN4O2. The number of carbonyl (C=O) groups is 1. The molecule has 0 aliphatic rings. The summed E-state index contributed by atoms with van der Waals surface area (Å²) in [5.41, 5.74) is 1.30. The second-order valence-corrected chi connectivity index (χ2v) is 5.19. The Kier molecular flexibility index (Phi) is 5.84. The van der Waals surface area contributed by atoms with Crippen molar-refractivity contribution >= 4 is 34.9 Å². The molecule has 3 aromatic rings. The number of pyridine rings is 2. The van der Waals surface area contributed by atoms with Gasteiger partial charge in [-0.2, -0.15) is 0 Å². The van der Waals surface area contributed by atoms with Gasteiger partial charge in [0.1, 0.15) is 11.3 Å². The minimum atomic E-state index is -0.596. The average molecular weight is 363 g/mol. The first-order valence-electron chi connectivity index (χ1n) is 7.27. The molecule has 0 radical (unpaired) electrons. The molecule has 2 heterocycles. The van der Waals surface area contributed by atoms with E-state index >= 15 is 0 Å². The first-order valence-corrected chi connectivity index (χ1v) is 7.27. The topological polar surface area (TPSA) is 87.1 Å². The number of hydrogen-bond acceptors (Lipinski definition) is 5. The monoisotopic (exact) mass is 362 g/mol. The van der Waals surface area contributed by atoms with Gasteiger partial charge in [-0.05, 0) is 43.4 Å². The van der Waals surface area contributed by atoms with Gasteiger partial charge >= 0.3 is 0 Å². The highest BCUT2D eigenvalue weighted by atomic mass is 35.5. The number of rotatable bonds is 4. The Bertz CT molecular complexity index is 903. The summed E-state index contributed by atoms with van der Waals surface area (Å²) in [6.07, 6.45) is 1.48. The molecule has 0 atom stereocenters. The van der Waals surface area contributed by atoms with Gasteiger partial charge in [-0.15, -0.1) is 12.4 Å². The Balaban J connectivity index is 0.00000225. The number of carbonyl (C=O) groups excluding carboxylic acids is 1. The number of nitrogens with zero attached hydrogens (tertiary/aromatic N) is 2. The maximum Gasteiger partial charge on any atom is 0.278 e. The van der Waals surface area contributed by atoms with Crippen molar-refractivity contribution in [2.45, 2.75) is 6.54 Å². The van der Waals surface area contributed by atoms with Gasteiger partial charge in [-0.25, -0.2) is 14.4 Å². The van der Waals surface area contributed by atoms with E-state index in [1.54, 1.807) is 13.1 Å². The summed E-state index contributed by atoms with van der Waals surface area (Å²) in [6, 6.07) is 8.91. The Morgan fingerprint density at radius 3 is 2.60 bits per heavy atom. The van der Waals surface area contributed by atoms with Crippen LogP contribution in [0.2, 0.25) is 0 Å². The van der Waals surface area contributed by atoms with Gasteiger partial charge in [0.2, 0.25) is 0 Å². The summed E-state index contributed by atoms with van der Waals surface area (Å²) >= 11 is 0. The number of nitrogens with one attached hydrogen (secondary N) is 2. The molecule has 0 fully saturated rings. The fourth-order valence-corrected chi connectivity index (χ4v) is 2.28. The lowest BCUT2D eigenvalue weighted by Crippen LogP contribution is -2.14. The molecule has 130 valence electrons. The highest BCUT2D eigenvalue weighted by Gasteiger charge is 2.17. The zero-order valence-corrected chi connectivity index (χ0v) is 14.1. The van der Waals surface area contributed by atoms with Crippen LogP contribution in [0, 0.1) is 5.82 Å². The third-order valence-corrected chi connectivity index (χ3v) is 3.44. The highest BCUT2D eigenvalue weighted by molar-refractivity contribution is 6.07. The molecule has 0 aliphatic carbocycles. The lowest BCUT2D eigenvalue weighted by Gasteiger charge is -2.09. The fourth-order valence-electron chi connectivity index (χ4n) is 2.28. The number of fused-ring (bicyclic) bond motifs is 1. The van der Waals surface area contributed by atoms with Gasteiger partial charge in [0, 0.05) is 23.8 Å². The smallest absolute Gasteiger partial charge is 0.278 e. The van der Waals surface area contributed by atoms with Crippen molar-refractivity contribution in [2.24, 2.45) is 0 Å². The third kappa shape index (κ3) is 4.01. The zero-order chi connectivity index (χ0) is 17.1. The molecule has 0 saturated heterocycles. The molecule has 2 aromatic heterocycles. The van der Waals surface area contributed by atoms with Gasteiger partial charge in [0.15, 0.2) is 11.4 Å². The van der Waals surface area contributed by atoms with Gasteiger partial charge in [-0.3, -0.25) is 4.79 Å². The Hall–Kier alpha value is -2.77. The van der Waals surface area contributed by atoms with E-state index in [0.717, 1.165) is 5.69 Å². The van der Waals surface area contributed by atoms with Crippen LogP contribution in [0.5, 0.6) is 5.75 Å². The predicted octanol–water partition coefficient (Wildman–Crippen LogP) is 2.87. The maximum atomic E-state index is 12.9. The van der Waals surface area contributed by atoms with Crippen molar-refractivity contribution in [1.29, 1.82) is 0 Å². The van der Waals surface area contributed by atoms with Crippen LogP contribution in [-0.2, 0) is 6.54 Å². The number of anilines is 1. The van der Waals surface area contributed by atoms with Crippen molar-refractivity contribution in [1.82, 2.24) is 15.3 Å². The van der Waals surface area contributed by atoms with Crippen LogP contribution in [0.15, 0.2) is 42.6 Å². The van der Waals surface area contributed by atoms with E-state index in [0.29, 0.717) is 23.1 Å². The van der Waals surface area contributed by atoms with E-state index in [1.165, 1.54) is 30.5 Å². The number of hydrogen-bond donors (Lipinski definition) is 3. The maximum absolute atomic E-state index is 12.9. The lowest BCUT2D eigenvalue weighted by atomic mass is 10.2. The molecule has 3 rings (SSSR count). The van der Waals surface area contributed by atoms with Crippen molar-refractivity contribution in [3.8, 4) is 5.75 Å². The molecule has 0 saturated carbocycles. The molecule has 1 aromatic carbocycles. The SMILES string of the molecule is CNCc1ccc2cnc(C(=O)Nc3ccc(F)cc3)c(O)c2n1.Cl. The van der Waals surface area contributed by atoms with E-state index < -0.39 is 11.7 Å².